The van der Waals surface area contributed by atoms with E-state index in [-0.39, 0.29) is 16.1 Å². The van der Waals surface area contributed by atoms with Gasteiger partial charge in [-0.1, -0.05) is 11.6 Å². The first kappa shape index (κ1) is 13.7. The van der Waals surface area contributed by atoms with Gasteiger partial charge >= 0.3 is 0 Å². The molecule has 0 aliphatic carbocycles. The molecular formula is C11H16ClN3O2S. The number of hydrogen-bond acceptors (Lipinski definition) is 4. The lowest BCUT2D eigenvalue weighted by Crippen LogP contribution is -2.44. The Morgan fingerprint density at radius 1 is 1.44 bits per heavy atom. The van der Waals surface area contributed by atoms with Crippen LogP contribution in [0.1, 0.15) is 12.8 Å². The number of nitrogens with zero attached hydrogens (tertiary/aromatic N) is 2. The van der Waals surface area contributed by atoms with Crippen LogP contribution < -0.4 is 5.32 Å². The Morgan fingerprint density at radius 3 is 2.72 bits per heavy atom. The Hall–Kier alpha value is -0.690. The van der Waals surface area contributed by atoms with Gasteiger partial charge < -0.3 is 5.32 Å². The van der Waals surface area contributed by atoms with Crippen molar-refractivity contribution in [2.24, 2.45) is 0 Å². The Morgan fingerprint density at radius 2 is 2.11 bits per heavy atom. The maximum atomic E-state index is 12.4. The van der Waals surface area contributed by atoms with E-state index >= 15 is 0 Å². The van der Waals surface area contributed by atoms with E-state index in [1.54, 1.807) is 13.1 Å². The molecule has 1 saturated heterocycles. The summed E-state index contributed by atoms with van der Waals surface area (Å²) in [5.74, 6) is 0. The molecule has 1 N–H and O–H groups in total. The predicted molar refractivity (Wildman–Crippen MR) is 70.1 cm³/mol. The van der Waals surface area contributed by atoms with Crippen LogP contribution in [-0.4, -0.2) is 43.9 Å². The number of aromatic nitrogens is 1. The van der Waals surface area contributed by atoms with E-state index in [9.17, 15) is 8.42 Å². The van der Waals surface area contributed by atoms with E-state index in [0.717, 1.165) is 25.9 Å². The van der Waals surface area contributed by atoms with Crippen molar-refractivity contribution >= 4 is 21.6 Å². The minimum Gasteiger partial charge on any atom is -0.317 e. The van der Waals surface area contributed by atoms with Crippen molar-refractivity contribution in [3.05, 3.63) is 23.4 Å². The molecule has 2 rings (SSSR count). The van der Waals surface area contributed by atoms with E-state index in [2.05, 4.69) is 10.3 Å². The molecule has 1 aliphatic rings. The van der Waals surface area contributed by atoms with Crippen molar-refractivity contribution in [2.75, 3.05) is 20.1 Å². The standard InChI is InChI=1S/C11H16ClN3O2S/c1-15(9-4-7-13-8-5-9)18(16,17)11-10(12)3-2-6-14-11/h2-3,6,9,13H,4-5,7-8H2,1H3. The summed E-state index contributed by atoms with van der Waals surface area (Å²) in [4.78, 5) is 3.89. The van der Waals surface area contributed by atoms with E-state index in [4.69, 9.17) is 11.6 Å². The Bertz CT molecular complexity index is 515. The number of rotatable bonds is 3. The van der Waals surface area contributed by atoms with Gasteiger partial charge in [-0.25, -0.2) is 13.4 Å². The van der Waals surface area contributed by atoms with Crippen LogP contribution in [0.3, 0.4) is 0 Å². The number of halogens is 1. The molecule has 2 heterocycles. The third-order valence-corrected chi connectivity index (χ3v) is 5.46. The Balaban J connectivity index is 2.28. The lowest BCUT2D eigenvalue weighted by atomic mass is 10.1. The second-order valence-electron chi connectivity index (χ2n) is 4.29. The fourth-order valence-corrected chi connectivity index (χ4v) is 3.86. The molecule has 0 aromatic carbocycles. The van der Waals surface area contributed by atoms with Gasteiger partial charge in [0.25, 0.3) is 10.0 Å². The number of piperidine rings is 1. The zero-order valence-electron chi connectivity index (χ0n) is 10.1. The number of sulfonamides is 1. The zero-order chi connectivity index (χ0) is 13.2. The molecule has 18 heavy (non-hydrogen) atoms. The van der Waals surface area contributed by atoms with Crippen LogP contribution >= 0.6 is 11.6 Å². The van der Waals surface area contributed by atoms with Gasteiger partial charge in [-0.3, -0.25) is 0 Å². The quantitative estimate of drug-likeness (QED) is 0.905. The van der Waals surface area contributed by atoms with Gasteiger partial charge in [-0.15, -0.1) is 0 Å². The molecule has 0 amide bonds. The lowest BCUT2D eigenvalue weighted by Gasteiger charge is -2.30. The molecule has 0 unspecified atom stereocenters. The third kappa shape index (κ3) is 2.66. The van der Waals surface area contributed by atoms with Crippen molar-refractivity contribution in [1.29, 1.82) is 0 Å². The number of pyridine rings is 1. The fourth-order valence-electron chi connectivity index (χ4n) is 2.06. The first-order chi connectivity index (χ1) is 8.53. The number of hydrogen-bond donors (Lipinski definition) is 1. The Kier molecular flexibility index (Phi) is 4.21. The minimum atomic E-state index is -3.61. The monoisotopic (exact) mass is 289 g/mol. The molecule has 1 aromatic rings. The SMILES string of the molecule is CN(C1CCNCC1)S(=O)(=O)c1ncccc1Cl. The van der Waals surface area contributed by atoms with Gasteiger partial charge in [0.05, 0.1) is 5.02 Å². The van der Waals surface area contributed by atoms with Crippen LogP contribution in [-0.2, 0) is 10.0 Å². The van der Waals surface area contributed by atoms with Crippen LogP contribution in [0.2, 0.25) is 5.02 Å². The van der Waals surface area contributed by atoms with E-state index < -0.39 is 10.0 Å². The van der Waals surface area contributed by atoms with E-state index in [1.165, 1.54) is 16.6 Å². The highest BCUT2D eigenvalue weighted by molar-refractivity contribution is 7.89. The molecule has 0 radical (unpaired) electrons. The largest absolute Gasteiger partial charge is 0.317 e. The third-order valence-electron chi connectivity index (χ3n) is 3.17. The van der Waals surface area contributed by atoms with E-state index in [0.29, 0.717) is 0 Å². The molecule has 1 aromatic heterocycles. The van der Waals surface area contributed by atoms with Gasteiger partial charge in [0.1, 0.15) is 0 Å². The van der Waals surface area contributed by atoms with Crippen LogP contribution in [0.15, 0.2) is 23.4 Å². The van der Waals surface area contributed by atoms with Crippen molar-refractivity contribution in [1.82, 2.24) is 14.6 Å². The minimum absolute atomic E-state index is 0.00863. The van der Waals surface area contributed by atoms with Gasteiger partial charge in [-0.05, 0) is 38.1 Å². The highest BCUT2D eigenvalue weighted by Gasteiger charge is 2.31. The normalized spacial score (nSPS) is 18.2. The molecule has 0 bridgehead atoms. The summed E-state index contributed by atoms with van der Waals surface area (Å²) >= 11 is 5.91. The second kappa shape index (κ2) is 5.52. The van der Waals surface area contributed by atoms with Gasteiger partial charge in [-0.2, -0.15) is 4.31 Å². The van der Waals surface area contributed by atoms with Crippen molar-refractivity contribution in [3.63, 3.8) is 0 Å². The van der Waals surface area contributed by atoms with Gasteiger partial charge in [0.2, 0.25) is 0 Å². The molecule has 0 saturated carbocycles. The molecule has 7 heteroatoms. The summed E-state index contributed by atoms with van der Waals surface area (Å²) in [5.41, 5.74) is 0. The van der Waals surface area contributed by atoms with Crippen LogP contribution in [0, 0.1) is 0 Å². The van der Waals surface area contributed by atoms with Gasteiger partial charge in [0, 0.05) is 19.3 Å². The summed E-state index contributed by atoms with van der Waals surface area (Å²) in [6.07, 6.45) is 3.05. The van der Waals surface area contributed by atoms with Crippen LogP contribution in [0.4, 0.5) is 0 Å². The second-order valence-corrected chi connectivity index (χ2v) is 6.61. The van der Waals surface area contributed by atoms with Crippen LogP contribution in [0.25, 0.3) is 0 Å². The summed E-state index contributed by atoms with van der Waals surface area (Å²) in [6, 6.07) is 3.16. The van der Waals surface area contributed by atoms with Gasteiger partial charge in [0.15, 0.2) is 5.03 Å². The molecule has 1 fully saturated rings. The summed E-state index contributed by atoms with van der Waals surface area (Å²) in [6.45, 7) is 1.67. The highest BCUT2D eigenvalue weighted by Crippen LogP contribution is 2.24. The molecule has 1 aliphatic heterocycles. The fraction of sp³-hybridized carbons (Fsp3) is 0.545. The highest BCUT2D eigenvalue weighted by atomic mass is 35.5. The molecule has 0 atom stereocenters. The molecule has 0 spiro atoms. The van der Waals surface area contributed by atoms with Crippen molar-refractivity contribution in [3.8, 4) is 0 Å². The lowest BCUT2D eigenvalue weighted by molar-refractivity contribution is 0.295. The van der Waals surface area contributed by atoms with Crippen molar-refractivity contribution in [2.45, 2.75) is 23.9 Å². The predicted octanol–water partition coefficient (Wildman–Crippen LogP) is 1.11. The zero-order valence-corrected chi connectivity index (χ0v) is 11.7. The molecule has 5 nitrogen and oxygen atoms in total. The summed E-state index contributed by atoms with van der Waals surface area (Å²) in [7, 11) is -2.01. The first-order valence-electron chi connectivity index (χ1n) is 5.83. The first-order valence-corrected chi connectivity index (χ1v) is 7.64. The summed E-state index contributed by atoms with van der Waals surface area (Å²) < 4.78 is 26.2. The average molecular weight is 290 g/mol. The molecular weight excluding hydrogens is 274 g/mol. The maximum absolute atomic E-state index is 12.4. The number of nitrogens with one attached hydrogen (secondary N) is 1. The topological polar surface area (TPSA) is 62.3 Å². The van der Waals surface area contributed by atoms with E-state index in [1.807, 2.05) is 0 Å². The molecule has 100 valence electrons. The summed E-state index contributed by atoms with van der Waals surface area (Å²) in [5, 5.41) is 3.31. The van der Waals surface area contributed by atoms with Crippen LogP contribution in [0.5, 0.6) is 0 Å². The smallest absolute Gasteiger partial charge is 0.262 e. The maximum Gasteiger partial charge on any atom is 0.262 e. The average Bonchev–Trinajstić information content (AvgIpc) is 2.39. The van der Waals surface area contributed by atoms with Crippen molar-refractivity contribution < 1.29 is 8.42 Å². The Labute approximate surface area is 112 Å².